The molecule has 1 fully saturated rings. The minimum absolute atomic E-state index is 0. The van der Waals surface area contributed by atoms with E-state index in [1.54, 1.807) is 18.2 Å². The zero-order valence-corrected chi connectivity index (χ0v) is 14.9. The first kappa shape index (κ1) is 19.7. The van der Waals surface area contributed by atoms with Crippen molar-refractivity contribution in [3.05, 3.63) is 28.8 Å². The molecule has 1 aliphatic rings. The predicted octanol–water partition coefficient (Wildman–Crippen LogP) is 2.84. The summed E-state index contributed by atoms with van der Waals surface area (Å²) >= 11 is 5.97. The van der Waals surface area contributed by atoms with E-state index in [4.69, 9.17) is 11.6 Å². The second-order valence-electron chi connectivity index (χ2n) is 5.94. The number of hydrogen-bond acceptors (Lipinski definition) is 3. The number of hydrogen-bond donors (Lipinski definition) is 3. The summed E-state index contributed by atoms with van der Waals surface area (Å²) in [6.07, 6.45) is 2.48. The Labute approximate surface area is 148 Å². The van der Waals surface area contributed by atoms with Gasteiger partial charge in [0.25, 0.3) is 5.91 Å². The van der Waals surface area contributed by atoms with Crippen LogP contribution in [-0.4, -0.2) is 30.9 Å². The van der Waals surface area contributed by atoms with E-state index in [1.165, 1.54) is 12.8 Å². The zero-order valence-electron chi connectivity index (χ0n) is 13.3. The van der Waals surface area contributed by atoms with Crippen molar-refractivity contribution in [3.63, 3.8) is 0 Å². The standard InChI is InChI=1S/C16H22ClN3O2.ClH/c1-10(2)19-16(22)13-6-5-12(17)7-14(13)20-15(21)9-18-8-11-3-4-11;/h5-7,10-11,18H,3-4,8-9H2,1-2H3,(H,19,22)(H,20,21);1H. The highest BCUT2D eigenvalue weighted by Gasteiger charge is 2.21. The smallest absolute Gasteiger partial charge is 0.253 e. The quantitative estimate of drug-likeness (QED) is 0.700. The molecule has 1 aromatic rings. The van der Waals surface area contributed by atoms with E-state index < -0.39 is 0 Å². The lowest BCUT2D eigenvalue weighted by Gasteiger charge is -2.14. The summed E-state index contributed by atoms with van der Waals surface area (Å²) in [5.41, 5.74) is 0.845. The molecule has 3 N–H and O–H groups in total. The predicted molar refractivity (Wildman–Crippen MR) is 95.5 cm³/mol. The molecule has 0 bridgehead atoms. The molecule has 1 aromatic carbocycles. The molecule has 2 rings (SSSR count). The minimum atomic E-state index is -0.229. The molecule has 0 spiro atoms. The Hall–Kier alpha value is -1.30. The molecule has 2 amide bonds. The monoisotopic (exact) mass is 359 g/mol. The first-order valence-corrected chi connectivity index (χ1v) is 7.94. The molecule has 5 nitrogen and oxygen atoms in total. The largest absolute Gasteiger partial charge is 0.350 e. The Morgan fingerprint density at radius 2 is 2.00 bits per heavy atom. The molecule has 0 saturated heterocycles. The van der Waals surface area contributed by atoms with Gasteiger partial charge in [-0.05, 0) is 57.4 Å². The van der Waals surface area contributed by atoms with Crippen LogP contribution < -0.4 is 16.0 Å². The SMILES string of the molecule is CC(C)NC(=O)c1ccc(Cl)cc1NC(=O)CNCC1CC1.Cl. The van der Waals surface area contributed by atoms with Crippen LogP contribution in [0.25, 0.3) is 0 Å². The van der Waals surface area contributed by atoms with E-state index in [0.717, 1.165) is 6.54 Å². The van der Waals surface area contributed by atoms with Crippen molar-refractivity contribution in [1.82, 2.24) is 10.6 Å². The molecule has 0 unspecified atom stereocenters. The second kappa shape index (κ2) is 9.11. The van der Waals surface area contributed by atoms with Gasteiger partial charge in [0.1, 0.15) is 0 Å². The van der Waals surface area contributed by atoms with Gasteiger partial charge in [-0.2, -0.15) is 0 Å². The molecule has 128 valence electrons. The highest BCUT2D eigenvalue weighted by atomic mass is 35.5. The van der Waals surface area contributed by atoms with Gasteiger partial charge in [-0.3, -0.25) is 9.59 Å². The summed E-state index contributed by atoms with van der Waals surface area (Å²) in [6, 6.07) is 4.87. The van der Waals surface area contributed by atoms with Crippen LogP contribution in [-0.2, 0) is 4.79 Å². The topological polar surface area (TPSA) is 70.2 Å². The number of halogens is 2. The first-order chi connectivity index (χ1) is 10.5. The molecule has 23 heavy (non-hydrogen) atoms. The van der Waals surface area contributed by atoms with Gasteiger partial charge in [0.15, 0.2) is 0 Å². The summed E-state index contributed by atoms with van der Waals surface area (Å²) in [6.45, 7) is 4.86. The third-order valence-electron chi connectivity index (χ3n) is 3.34. The van der Waals surface area contributed by atoms with Crippen molar-refractivity contribution in [2.45, 2.75) is 32.7 Å². The zero-order chi connectivity index (χ0) is 16.1. The molecular weight excluding hydrogens is 337 g/mol. The van der Waals surface area contributed by atoms with Gasteiger partial charge < -0.3 is 16.0 Å². The fourth-order valence-electron chi connectivity index (χ4n) is 2.06. The summed E-state index contributed by atoms with van der Waals surface area (Å²) in [7, 11) is 0. The van der Waals surface area contributed by atoms with Crippen LogP contribution in [0, 0.1) is 5.92 Å². The lowest BCUT2D eigenvalue weighted by Crippen LogP contribution is -2.32. The molecule has 7 heteroatoms. The highest BCUT2D eigenvalue weighted by Crippen LogP contribution is 2.27. The average Bonchev–Trinajstić information content (AvgIpc) is 3.22. The maximum atomic E-state index is 12.2. The fraction of sp³-hybridized carbons (Fsp3) is 0.500. The number of carbonyl (C=O) groups excluding carboxylic acids is 2. The molecule has 0 radical (unpaired) electrons. The summed E-state index contributed by atoms with van der Waals surface area (Å²) in [5.74, 6) is 0.306. The van der Waals surface area contributed by atoms with Crippen LogP contribution in [0.15, 0.2) is 18.2 Å². The first-order valence-electron chi connectivity index (χ1n) is 7.56. The van der Waals surface area contributed by atoms with Crippen LogP contribution in [0.2, 0.25) is 5.02 Å². The Balaban J connectivity index is 0.00000264. The number of anilines is 1. The lowest BCUT2D eigenvalue weighted by molar-refractivity contribution is -0.115. The van der Waals surface area contributed by atoms with Gasteiger partial charge in [0.2, 0.25) is 5.91 Å². The fourth-order valence-corrected chi connectivity index (χ4v) is 2.24. The van der Waals surface area contributed by atoms with E-state index in [9.17, 15) is 9.59 Å². The maximum Gasteiger partial charge on any atom is 0.253 e. The van der Waals surface area contributed by atoms with Crippen molar-refractivity contribution in [2.75, 3.05) is 18.4 Å². The number of rotatable bonds is 7. The Bertz CT molecular complexity index is 560. The van der Waals surface area contributed by atoms with E-state index in [2.05, 4.69) is 16.0 Å². The summed E-state index contributed by atoms with van der Waals surface area (Å²) in [4.78, 5) is 24.1. The van der Waals surface area contributed by atoms with E-state index in [1.807, 2.05) is 13.8 Å². The van der Waals surface area contributed by atoms with E-state index in [0.29, 0.717) is 22.2 Å². The minimum Gasteiger partial charge on any atom is -0.350 e. The van der Waals surface area contributed by atoms with Crippen molar-refractivity contribution in [1.29, 1.82) is 0 Å². The van der Waals surface area contributed by atoms with Crippen LogP contribution in [0.5, 0.6) is 0 Å². The van der Waals surface area contributed by atoms with E-state index >= 15 is 0 Å². The Morgan fingerprint density at radius 1 is 1.30 bits per heavy atom. The van der Waals surface area contributed by atoms with Gasteiger partial charge in [-0.1, -0.05) is 11.6 Å². The Kier molecular flexibility index (Phi) is 7.82. The molecule has 0 atom stereocenters. The van der Waals surface area contributed by atoms with Crippen molar-refractivity contribution < 1.29 is 9.59 Å². The molecule has 1 aliphatic carbocycles. The van der Waals surface area contributed by atoms with Crippen LogP contribution in [0.3, 0.4) is 0 Å². The van der Waals surface area contributed by atoms with Gasteiger partial charge in [-0.15, -0.1) is 12.4 Å². The molecule has 0 heterocycles. The van der Waals surface area contributed by atoms with Gasteiger partial charge >= 0.3 is 0 Å². The van der Waals surface area contributed by atoms with Crippen LogP contribution in [0.4, 0.5) is 5.69 Å². The van der Waals surface area contributed by atoms with Crippen LogP contribution >= 0.6 is 24.0 Å². The summed E-state index contributed by atoms with van der Waals surface area (Å²) in [5, 5.41) is 9.15. The number of amides is 2. The number of carbonyl (C=O) groups is 2. The number of benzene rings is 1. The van der Waals surface area contributed by atoms with Gasteiger partial charge in [-0.25, -0.2) is 0 Å². The Morgan fingerprint density at radius 3 is 2.61 bits per heavy atom. The third-order valence-corrected chi connectivity index (χ3v) is 3.57. The summed E-state index contributed by atoms with van der Waals surface area (Å²) < 4.78 is 0. The van der Waals surface area contributed by atoms with Crippen molar-refractivity contribution in [3.8, 4) is 0 Å². The van der Waals surface area contributed by atoms with Gasteiger partial charge in [0.05, 0.1) is 17.8 Å². The number of nitrogens with one attached hydrogen (secondary N) is 3. The average molecular weight is 360 g/mol. The molecule has 0 aromatic heterocycles. The van der Waals surface area contributed by atoms with E-state index in [-0.39, 0.29) is 36.8 Å². The van der Waals surface area contributed by atoms with Crippen molar-refractivity contribution in [2.24, 2.45) is 5.92 Å². The van der Waals surface area contributed by atoms with Crippen LogP contribution in [0.1, 0.15) is 37.0 Å². The van der Waals surface area contributed by atoms with Gasteiger partial charge in [0, 0.05) is 11.1 Å². The second-order valence-corrected chi connectivity index (χ2v) is 6.38. The third kappa shape index (κ3) is 6.77. The highest BCUT2D eigenvalue weighted by molar-refractivity contribution is 6.31. The molecular formula is C16H23Cl2N3O2. The molecule has 1 saturated carbocycles. The normalized spacial score (nSPS) is 13.4. The molecule has 0 aliphatic heterocycles. The lowest BCUT2D eigenvalue weighted by atomic mass is 10.1. The maximum absolute atomic E-state index is 12.2. The van der Waals surface area contributed by atoms with Crippen molar-refractivity contribution >= 4 is 41.5 Å².